The van der Waals surface area contributed by atoms with Gasteiger partial charge in [0, 0.05) is 18.6 Å². The molecule has 0 fully saturated rings. The molecule has 1 aromatic carbocycles. The second-order valence-corrected chi connectivity index (χ2v) is 4.16. The van der Waals surface area contributed by atoms with E-state index >= 15 is 0 Å². The molecule has 0 atom stereocenters. The predicted molar refractivity (Wildman–Crippen MR) is 64.5 cm³/mol. The topological polar surface area (TPSA) is 59.2 Å². The van der Waals surface area contributed by atoms with Crippen molar-refractivity contribution in [3.63, 3.8) is 0 Å². The summed E-state index contributed by atoms with van der Waals surface area (Å²) in [5.74, 6) is 0.631. The van der Waals surface area contributed by atoms with Crippen molar-refractivity contribution in [2.75, 3.05) is 6.61 Å². The Hall–Kier alpha value is -1.75. The van der Waals surface area contributed by atoms with E-state index in [4.69, 9.17) is 9.63 Å². The van der Waals surface area contributed by atoms with Crippen LogP contribution in [0.2, 0.25) is 0 Å². The van der Waals surface area contributed by atoms with E-state index in [9.17, 15) is 4.39 Å². The van der Waals surface area contributed by atoms with Crippen LogP contribution in [0.1, 0.15) is 24.3 Å². The Morgan fingerprint density at radius 2 is 2.17 bits per heavy atom. The molecule has 4 nitrogen and oxygen atoms in total. The maximum atomic E-state index is 13.4. The lowest BCUT2D eigenvalue weighted by Gasteiger charge is -1.97. The molecule has 1 aromatic heterocycles. The lowest BCUT2D eigenvalue weighted by Crippen LogP contribution is -1.89. The van der Waals surface area contributed by atoms with E-state index in [0.29, 0.717) is 35.7 Å². The summed E-state index contributed by atoms with van der Waals surface area (Å²) in [4.78, 5) is 4.20. The van der Waals surface area contributed by atoms with Gasteiger partial charge in [-0.25, -0.2) is 4.39 Å². The van der Waals surface area contributed by atoms with E-state index in [2.05, 4.69) is 10.1 Å². The van der Waals surface area contributed by atoms with Crippen molar-refractivity contribution >= 4 is 0 Å². The number of aryl methyl sites for hydroxylation is 2. The smallest absolute Gasteiger partial charge is 0.226 e. The van der Waals surface area contributed by atoms with Crippen LogP contribution in [-0.4, -0.2) is 21.9 Å². The van der Waals surface area contributed by atoms with Crippen LogP contribution in [0, 0.1) is 12.7 Å². The molecule has 2 rings (SSSR count). The quantitative estimate of drug-likeness (QED) is 0.828. The third-order valence-electron chi connectivity index (χ3n) is 2.70. The van der Waals surface area contributed by atoms with Gasteiger partial charge in [0.2, 0.25) is 11.7 Å². The van der Waals surface area contributed by atoms with Gasteiger partial charge in [-0.2, -0.15) is 4.98 Å². The molecule has 18 heavy (non-hydrogen) atoms. The van der Waals surface area contributed by atoms with Crippen LogP contribution in [0.15, 0.2) is 22.7 Å². The standard InChI is InChI=1S/C13H15FN2O2/c1-9-5-6-10(8-11(9)14)13-15-12(18-16-13)4-2-3-7-17/h5-6,8,17H,2-4,7H2,1H3. The van der Waals surface area contributed by atoms with Gasteiger partial charge in [-0.1, -0.05) is 17.3 Å². The molecule has 1 N–H and O–H groups in total. The Labute approximate surface area is 104 Å². The van der Waals surface area contributed by atoms with Gasteiger partial charge in [0.25, 0.3) is 0 Å². The summed E-state index contributed by atoms with van der Waals surface area (Å²) in [5, 5.41) is 12.5. The fraction of sp³-hybridized carbons (Fsp3) is 0.385. The number of aliphatic hydroxyl groups is 1. The fourth-order valence-electron chi connectivity index (χ4n) is 1.59. The second kappa shape index (κ2) is 5.73. The monoisotopic (exact) mass is 250 g/mol. The van der Waals surface area contributed by atoms with Crippen molar-refractivity contribution in [1.29, 1.82) is 0 Å². The van der Waals surface area contributed by atoms with E-state index < -0.39 is 0 Å². The van der Waals surface area contributed by atoms with E-state index in [0.717, 1.165) is 6.42 Å². The van der Waals surface area contributed by atoms with Crippen LogP contribution in [0.3, 0.4) is 0 Å². The zero-order valence-electron chi connectivity index (χ0n) is 10.2. The first kappa shape index (κ1) is 12.7. The highest BCUT2D eigenvalue weighted by Gasteiger charge is 2.09. The summed E-state index contributed by atoms with van der Waals surface area (Å²) < 4.78 is 18.5. The zero-order valence-corrected chi connectivity index (χ0v) is 10.2. The van der Waals surface area contributed by atoms with Gasteiger partial charge < -0.3 is 9.63 Å². The molecule has 0 saturated heterocycles. The molecule has 0 aliphatic carbocycles. The average molecular weight is 250 g/mol. The highest BCUT2D eigenvalue weighted by atomic mass is 19.1. The number of unbranched alkanes of at least 4 members (excludes halogenated alkanes) is 1. The number of halogens is 1. The summed E-state index contributed by atoms with van der Waals surface area (Å²) in [5.41, 5.74) is 1.20. The highest BCUT2D eigenvalue weighted by Crippen LogP contribution is 2.19. The number of benzene rings is 1. The fourth-order valence-corrected chi connectivity index (χ4v) is 1.59. The minimum absolute atomic E-state index is 0.157. The molecular formula is C13H15FN2O2. The number of aromatic nitrogens is 2. The number of hydrogen-bond acceptors (Lipinski definition) is 4. The highest BCUT2D eigenvalue weighted by molar-refractivity contribution is 5.54. The van der Waals surface area contributed by atoms with Gasteiger partial charge in [0.1, 0.15) is 5.82 Å². The van der Waals surface area contributed by atoms with E-state index in [1.54, 1.807) is 19.1 Å². The Bertz CT molecular complexity index is 525. The third-order valence-corrected chi connectivity index (χ3v) is 2.70. The first-order valence-corrected chi connectivity index (χ1v) is 5.90. The largest absolute Gasteiger partial charge is 0.396 e. The van der Waals surface area contributed by atoms with E-state index in [-0.39, 0.29) is 12.4 Å². The van der Waals surface area contributed by atoms with Crippen LogP contribution >= 0.6 is 0 Å². The Balaban J connectivity index is 2.11. The van der Waals surface area contributed by atoms with Gasteiger partial charge >= 0.3 is 0 Å². The third kappa shape index (κ3) is 2.92. The van der Waals surface area contributed by atoms with Crippen molar-refractivity contribution in [3.05, 3.63) is 35.5 Å². The SMILES string of the molecule is Cc1ccc(-c2noc(CCCCO)n2)cc1F. The van der Waals surface area contributed by atoms with Crippen LogP contribution < -0.4 is 0 Å². The van der Waals surface area contributed by atoms with Gasteiger partial charge in [0.05, 0.1) is 0 Å². The van der Waals surface area contributed by atoms with Crippen molar-refractivity contribution in [1.82, 2.24) is 10.1 Å². The molecule has 0 saturated carbocycles. The van der Waals surface area contributed by atoms with Crippen LogP contribution in [0.5, 0.6) is 0 Å². The van der Waals surface area contributed by atoms with Gasteiger partial charge in [-0.05, 0) is 31.4 Å². The Morgan fingerprint density at radius 3 is 2.89 bits per heavy atom. The molecule has 0 unspecified atom stereocenters. The molecule has 96 valence electrons. The number of hydrogen-bond donors (Lipinski definition) is 1. The molecule has 0 amide bonds. The van der Waals surface area contributed by atoms with Crippen molar-refractivity contribution in [3.8, 4) is 11.4 Å². The van der Waals surface area contributed by atoms with Gasteiger partial charge in [-0.15, -0.1) is 0 Å². The van der Waals surface area contributed by atoms with Crippen LogP contribution in [0.4, 0.5) is 4.39 Å². The molecule has 0 bridgehead atoms. The molecule has 0 aliphatic heterocycles. The number of aliphatic hydroxyl groups excluding tert-OH is 1. The Kier molecular flexibility index (Phi) is 4.04. The summed E-state index contributed by atoms with van der Waals surface area (Å²) in [7, 11) is 0. The van der Waals surface area contributed by atoms with Gasteiger partial charge in [0.15, 0.2) is 0 Å². The molecule has 0 aliphatic rings. The molecule has 5 heteroatoms. The first-order chi connectivity index (χ1) is 8.70. The van der Waals surface area contributed by atoms with Crippen molar-refractivity contribution < 1.29 is 14.0 Å². The summed E-state index contributed by atoms with van der Waals surface area (Å²) in [6, 6.07) is 4.85. The molecule has 1 heterocycles. The minimum atomic E-state index is -0.279. The lowest BCUT2D eigenvalue weighted by molar-refractivity contribution is 0.281. The predicted octanol–water partition coefficient (Wildman–Crippen LogP) is 2.50. The number of rotatable bonds is 5. The van der Waals surface area contributed by atoms with Crippen LogP contribution in [-0.2, 0) is 6.42 Å². The molecule has 0 radical (unpaired) electrons. The summed E-state index contributed by atoms with van der Waals surface area (Å²) in [6.45, 7) is 1.86. The maximum absolute atomic E-state index is 13.4. The molecule has 2 aromatic rings. The van der Waals surface area contributed by atoms with Gasteiger partial charge in [-0.3, -0.25) is 0 Å². The van der Waals surface area contributed by atoms with Crippen molar-refractivity contribution in [2.24, 2.45) is 0 Å². The molecule has 0 spiro atoms. The molecular weight excluding hydrogens is 235 g/mol. The van der Waals surface area contributed by atoms with E-state index in [1.165, 1.54) is 6.07 Å². The first-order valence-electron chi connectivity index (χ1n) is 5.90. The lowest BCUT2D eigenvalue weighted by atomic mass is 10.1. The van der Waals surface area contributed by atoms with E-state index in [1.807, 2.05) is 0 Å². The number of nitrogens with zero attached hydrogens (tertiary/aromatic N) is 2. The average Bonchev–Trinajstić information content (AvgIpc) is 2.82. The van der Waals surface area contributed by atoms with Crippen molar-refractivity contribution in [2.45, 2.75) is 26.2 Å². The Morgan fingerprint density at radius 1 is 1.33 bits per heavy atom. The van der Waals surface area contributed by atoms with Crippen LogP contribution in [0.25, 0.3) is 11.4 Å². The zero-order chi connectivity index (χ0) is 13.0. The normalized spacial score (nSPS) is 10.8. The minimum Gasteiger partial charge on any atom is -0.396 e. The summed E-state index contributed by atoms with van der Waals surface area (Å²) >= 11 is 0. The maximum Gasteiger partial charge on any atom is 0.226 e. The summed E-state index contributed by atoms with van der Waals surface area (Å²) in [6.07, 6.45) is 2.12. The second-order valence-electron chi connectivity index (χ2n) is 4.16.